The Hall–Kier alpha value is -3.15. The van der Waals surface area contributed by atoms with Gasteiger partial charge < -0.3 is 9.73 Å². The molecule has 2 aromatic heterocycles. The number of sulfonamides is 1. The van der Waals surface area contributed by atoms with Crippen molar-refractivity contribution in [2.24, 2.45) is 0 Å². The summed E-state index contributed by atoms with van der Waals surface area (Å²) in [6.45, 7) is -0.0814. The van der Waals surface area contributed by atoms with Gasteiger partial charge in [-0.15, -0.1) is 11.3 Å². The number of para-hydroxylation sites is 1. The Morgan fingerprint density at radius 3 is 2.66 bits per heavy atom. The molecule has 0 aliphatic carbocycles. The van der Waals surface area contributed by atoms with Crippen LogP contribution in [0.1, 0.15) is 12.2 Å². The van der Waals surface area contributed by atoms with Crippen molar-refractivity contribution in [3.8, 4) is 10.8 Å². The Morgan fingerprint density at radius 1 is 1.06 bits per heavy atom. The number of fused-ring (bicyclic) bond motifs is 1. The molecule has 4 aromatic rings. The maximum absolute atomic E-state index is 13.2. The zero-order valence-corrected chi connectivity index (χ0v) is 18.1. The van der Waals surface area contributed by atoms with Gasteiger partial charge in [0, 0.05) is 13.0 Å². The molecular weight excluding hydrogens is 460 g/mol. The lowest BCUT2D eigenvalue weighted by atomic mass is 10.3. The summed E-state index contributed by atoms with van der Waals surface area (Å²) in [5.74, 6) is -1.71. The van der Waals surface area contributed by atoms with E-state index in [-0.39, 0.29) is 19.5 Å². The summed E-state index contributed by atoms with van der Waals surface area (Å²) in [6, 6.07) is 13.5. The van der Waals surface area contributed by atoms with Crippen molar-refractivity contribution >= 4 is 37.5 Å². The normalized spacial score (nSPS) is 11.7. The van der Waals surface area contributed by atoms with E-state index in [1.807, 2.05) is 24.3 Å². The van der Waals surface area contributed by atoms with Crippen molar-refractivity contribution in [2.75, 3.05) is 6.54 Å². The maximum atomic E-state index is 13.2. The molecule has 0 saturated heterocycles. The summed E-state index contributed by atoms with van der Waals surface area (Å²) in [7, 11) is -4.06. The Morgan fingerprint density at radius 2 is 1.88 bits per heavy atom. The number of rotatable bonds is 8. The quantitative estimate of drug-likeness (QED) is 0.402. The van der Waals surface area contributed by atoms with Gasteiger partial charge in [-0.05, 0) is 42.5 Å². The van der Waals surface area contributed by atoms with E-state index in [2.05, 4.69) is 15.0 Å². The number of benzene rings is 2. The van der Waals surface area contributed by atoms with E-state index in [4.69, 9.17) is 4.42 Å². The number of hydrogen-bond acceptors (Lipinski definition) is 6. The predicted molar refractivity (Wildman–Crippen MR) is 115 cm³/mol. The number of aromatic nitrogens is 1. The van der Waals surface area contributed by atoms with Crippen molar-refractivity contribution in [3.05, 3.63) is 72.0 Å². The summed E-state index contributed by atoms with van der Waals surface area (Å²) in [4.78, 5) is 16.1. The van der Waals surface area contributed by atoms with Crippen LogP contribution in [0.3, 0.4) is 0 Å². The minimum Gasteiger partial charge on any atom is -0.457 e. The molecule has 0 bridgehead atoms. The fourth-order valence-corrected chi connectivity index (χ4v) is 4.84. The minimum absolute atomic E-state index is 0.125. The largest absolute Gasteiger partial charge is 0.457 e. The average molecular weight is 478 g/mol. The van der Waals surface area contributed by atoms with E-state index in [9.17, 15) is 22.0 Å². The van der Waals surface area contributed by atoms with Gasteiger partial charge in [-0.2, -0.15) is 0 Å². The molecule has 2 heterocycles. The number of carbonyl (C=O) groups is 1. The van der Waals surface area contributed by atoms with Crippen LogP contribution in [-0.2, 0) is 21.4 Å². The molecule has 0 saturated carbocycles. The van der Waals surface area contributed by atoms with E-state index in [1.165, 1.54) is 11.3 Å². The molecule has 11 heteroatoms. The first-order valence-electron chi connectivity index (χ1n) is 9.48. The Labute approximate surface area is 186 Å². The Bertz CT molecular complexity index is 1350. The molecular formula is C21H17F2N3O4S2. The molecule has 0 aliphatic rings. The molecule has 0 atom stereocenters. The number of nitrogens with one attached hydrogen (secondary N) is 2. The number of nitrogens with zero attached hydrogens (tertiary/aromatic N) is 1. The van der Waals surface area contributed by atoms with Crippen LogP contribution in [0.25, 0.3) is 21.0 Å². The van der Waals surface area contributed by atoms with Crippen LogP contribution in [0.5, 0.6) is 0 Å². The van der Waals surface area contributed by atoms with Gasteiger partial charge in [0.05, 0.1) is 21.7 Å². The van der Waals surface area contributed by atoms with Gasteiger partial charge in [-0.25, -0.2) is 26.9 Å². The lowest BCUT2D eigenvalue weighted by Crippen LogP contribution is -2.30. The molecule has 0 spiro atoms. The molecule has 4 rings (SSSR count). The van der Waals surface area contributed by atoms with Crippen LogP contribution >= 0.6 is 11.3 Å². The van der Waals surface area contributed by atoms with Crippen LogP contribution in [0.4, 0.5) is 8.78 Å². The zero-order valence-electron chi connectivity index (χ0n) is 16.5. The van der Waals surface area contributed by atoms with Gasteiger partial charge in [0.25, 0.3) is 0 Å². The van der Waals surface area contributed by atoms with Crippen molar-refractivity contribution in [3.63, 3.8) is 0 Å². The van der Waals surface area contributed by atoms with Gasteiger partial charge >= 0.3 is 0 Å². The highest BCUT2D eigenvalue weighted by Gasteiger charge is 2.17. The number of amides is 1. The fraction of sp³-hybridized carbons (Fsp3) is 0.143. The van der Waals surface area contributed by atoms with Crippen LogP contribution < -0.4 is 10.0 Å². The molecule has 0 fully saturated rings. The maximum Gasteiger partial charge on any atom is 0.240 e. The summed E-state index contributed by atoms with van der Waals surface area (Å²) in [6.07, 6.45) is -0.145. The highest BCUT2D eigenvalue weighted by atomic mass is 32.2. The third kappa shape index (κ3) is 5.01. The van der Waals surface area contributed by atoms with Gasteiger partial charge in [0.1, 0.15) is 5.76 Å². The first kappa shape index (κ1) is 22.1. The Kier molecular flexibility index (Phi) is 6.31. The molecule has 1 amide bonds. The van der Waals surface area contributed by atoms with E-state index in [0.717, 1.165) is 27.4 Å². The lowest BCUT2D eigenvalue weighted by molar-refractivity contribution is -0.121. The Balaban J connectivity index is 1.27. The summed E-state index contributed by atoms with van der Waals surface area (Å²) >= 11 is 1.50. The fourth-order valence-electron chi connectivity index (χ4n) is 2.87. The van der Waals surface area contributed by atoms with Crippen molar-refractivity contribution < 1.29 is 26.4 Å². The van der Waals surface area contributed by atoms with Crippen LogP contribution in [-0.4, -0.2) is 25.9 Å². The van der Waals surface area contributed by atoms with E-state index in [1.54, 1.807) is 12.1 Å². The van der Waals surface area contributed by atoms with Crippen molar-refractivity contribution in [1.29, 1.82) is 0 Å². The number of furan rings is 1. The number of hydrogen-bond donors (Lipinski definition) is 2. The molecule has 166 valence electrons. The van der Waals surface area contributed by atoms with Gasteiger partial charge in [0.2, 0.25) is 15.9 Å². The molecule has 32 heavy (non-hydrogen) atoms. The predicted octanol–water partition coefficient (Wildman–Crippen LogP) is 3.82. The molecule has 2 N–H and O–H groups in total. The monoisotopic (exact) mass is 477 g/mol. The summed E-state index contributed by atoms with van der Waals surface area (Å²) in [5, 5.41) is 3.37. The highest BCUT2D eigenvalue weighted by molar-refractivity contribution is 7.89. The van der Waals surface area contributed by atoms with Gasteiger partial charge in [-0.3, -0.25) is 4.79 Å². The van der Waals surface area contributed by atoms with Crippen LogP contribution in [0, 0.1) is 11.6 Å². The van der Waals surface area contributed by atoms with Crippen molar-refractivity contribution in [2.45, 2.75) is 17.9 Å². The van der Waals surface area contributed by atoms with Gasteiger partial charge in [-0.1, -0.05) is 12.1 Å². The number of thiazole rings is 1. The zero-order chi connectivity index (χ0) is 22.7. The third-order valence-corrected chi connectivity index (χ3v) is 6.98. The SMILES string of the molecule is O=C(CCNS(=O)(=O)c1ccc(F)c(F)c1)NCc1ccc(-c2nc3ccccc3s2)o1. The average Bonchev–Trinajstić information content (AvgIpc) is 3.40. The van der Waals surface area contributed by atoms with Gasteiger partial charge in [0.15, 0.2) is 22.4 Å². The molecule has 0 radical (unpaired) electrons. The smallest absolute Gasteiger partial charge is 0.240 e. The molecule has 7 nitrogen and oxygen atoms in total. The lowest BCUT2D eigenvalue weighted by Gasteiger charge is -2.07. The third-order valence-electron chi connectivity index (χ3n) is 4.47. The van der Waals surface area contributed by atoms with E-state index >= 15 is 0 Å². The molecule has 0 aliphatic heterocycles. The van der Waals surface area contributed by atoms with E-state index in [0.29, 0.717) is 17.6 Å². The number of carbonyl (C=O) groups excluding carboxylic acids is 1. The van der Waals surface area contributed by atoms with Crippen LogP contribution in [0.15, 0.2) is 63.9 Å². The van der Waals surface area contributed by atoms with Crippen LogP contribution in [0.2, 0.25) is 0 Å². The standard InChI is InChI=1S/C21H17F2N3O4S2/c22-15-7-6-14(11-16(15)23)32(28,29)25-10-9-20(27)24-12-13-5-8-18(30-13)21-26-17-3-1-2-4-19(17)31-21/h1-8,11,25H,9-10,12H2,(H,24,27). The summed E-state index contributed by atoms with van der Waals surface area (Å²) < 4.78 is 59.4. The second-order valence-corrected chi connectivity index (χ2v) is 9.55. The first-order valence-corrected chi connectivity index (χ1v) is 11.8. The van der Waals surface area contributed by atoms with E-state index < -0.39 is 32.5 Å². The first-order chi connectivity index (χ1) is 15.3. The molecule has 2 aromatic carbocycles. The summed E-state index contributed by atoms with van der Waals surface area (Å²) in [5.41, 5.74) is 0.879. The topological polar surface area (TPSA) is 101 Å². The second kappa shape index (κ2) is 9.15. The second-order valence-electron chi connectivity index (χ2n) is 6.75. The van der Waals surface area contributed by atoms with Crippen molar-refractivity contribution in [1.82, 2.24) is 15.0 Å². The molecule has 0 unspecified atom stereocenters. The number of halogens is 2. The minimum atomic E-state index is -4.06. The highest BCUT2D eigenvalue weighted by Crippen LogP contribution is 2.31.